The summed E-state index contributed by atoms with van der Waals surface area (Å²) >= 11 is 0. The Morgan fingerprint density at radius 3 is 2.52 bits per heavy atom. The van der Waals surface area contributed by atoms with Crippen LogP contribution in [0.2, 0.25) is 0 Å². The van der Waals surface area contributed by atoms with Gasteiger partial charge in [0.25, 0.3) is 5.91 Å². The summed E-state index contributed by atoms with van der Waals surface area (Å²) in [6.45, 7) is 1.65. The second kappa shape index (κ2) is 8.29. The fourth-order valence-corrected chi connectivity index (χ4v) is 2.36. The van der Waals surface area contributed by atoms with Crippen molar-refractivity contribution in [2.45, 2.75) is 6.42 Å². The molecule has 1 aromatic heterocycles. The number of pyridine rings is 1. The zero-order valence-electron chi connectivity index (χ0n) is 13.8. The van der Waals surface area contributed by atoms with Crippen molar-refractivity contribution in [2.75, 3.05) is 38.6 Å². The van der Waals surface area contributed by atoms with E-state index in [1.807, 2.05) is 48.2 Å². The molecule has 0 aliphatic rings. The average Bonchev–Trinajstić information content (AvgIpc) is 2.59. The van der Waals surface area contributed by atoms with Gasteiger partial charge in [0.05, 0.1) is 0 Å². The minimum absolute atomic E-state index is 0.00289. The van der Waals surface area contributed by atoms with Gasteiger partial charge in [0.2, 0.25) is 0 Å². The van der Waals surface area contributed by atoms with Crippen LogP contribution in [0.3, 0.4) is 0 Å². The third-order valence-electron chi connectivity index (χ3n) is 3.65. The molecule has 0 spiro atoms. The number of amides is 1. The lowest BCUT2D eigenvalue weighted by molar-refractivity contribution is 0.0762. The first kappa shape index (κ1) is 17.0. The third-order valence-corrected chi connectivity index (χ3v) is 3.65. The van der Waals surface area contributed by atoms with Crippen LogP contribution in [-0.2, 0) is 6.42 Å². The zero-order chi connectivity index (χ0) is 16.7. The molecule has 0 saturated carbocycles. The van der Waals surface area contributed by atoms with Crippen LogP contribution in [0.1, 0.15) is 15.9 Å². The molecular weight excluding hydrogens is 288 g/mol. The first-order chi connectivity index (χ1) is 11.1. The number of hydrogen-bond donors (Lipinski definition) is 1. The van der Waals surface area contributed by atoms with E-state index < -0.39 is 0 Å². The van der Waals surface area contributed by atoms with Crippen molar-refractivity contribution in [1.82, 2.24) is 9.88 Å². The van der Waals surface area contributed by atoms with Crippen LogP contribution in [0.15, 0.2) is 48.7 Å². The molecule has 0 atom stereocenters. The Balaban J connectivity index is 2.10. The SMILES string of the molecule is CN(C)c1cc(C(=O)N(CCN)CCc2ccccc2)ccn1. The molecule has 0 unspecified atom stereocenters. The van der Waals surface area contributed by atoms with E-state index in [4.69, 9.17) is 5.73 Å². The summed E-state index contributed by atoms with van der Waals surface area (Å²) < 4.78 is 0. The summed E-state index contributed by atoms with van der Waals surface area (Å²) in [4.78, 5) is 20.7. The minimum atomic E-state index is -0.00289. The van der Waals surface area contributed by atoms with Crippen LogP contribution in [0, 0.1) is 0 Å². The molecule has 0 saturated heterocycles. The van der Waals surface area contributed by atoms with E-state index in [2.05, 4.69) is 17.1 Å². The smallest absolute Gasteiger partial charge is 0.254 e. The maximum atomic E-state index is 12.8. The van der Waals surface area contributed by atoms with Crippen LogP contribution in [0.5, 0.6) is 0 Å². The molecule has 0 radical (unpaired) electrons. The lowest BCUT2D eigenvalue weighted by Gasteiger charge is -2.23. The number of carbonyl (C=O) groups is 1. The molecule has 0 fully saturated rings. The van der Waals surface area contributed by atoms with Crippen LogP contribution < -0.4 is 10.6 Å². The number of nitrogens with two attached hydrogens (primary N) is 1. The van der Waals surface area contributed by atoms with E-state index in [1.165, 1.54) is 5.56 Å². The third kappa shape index (κ3) is 4.79. The van der Waals surface area contributed by atoms with E-state index in [1.54, 1.807) is 12.3 Å². The molecule has 2 N–H and O–H groups in total. The minimum Gasteiger partial charge on any atom is -0.363 e. The Hall–Kier alpha value is -2.40. The highest BCUT2D eigenvalue weighted by Gasteiger charge is 2.16. The number of benzene rings is 1. The summed E-state index contributed by atoms with van der Waals surface area (Å²) in [5, 5.41) is 0. The van der Waals surface area contributed by atoms with Gasteiger partial charge >= 0.3 is 0 Å². The quantitative estimate of drug-likeness (QED) is 0.847. The average molecular weight is 312 g/mol. The van der Waals surface area contributed by atoms with Gasteiger partial charge in [-0.2, -0.15) is 0 Å². The van der Waals surface area contributed by atoms with Gasteiger partial charge in [-0.25, -0.2) is 4.98 Å². The molecule has 1 amide bonds. The van der Waals surface area contributed by atoms with Crippen molar-refractivity contribution in [3.05, 3.63) is 59.8 Å². The molecule has 122 valence electrons. The lowest BCUT2D eigenvalue weighted by Crippen LogP contribution is -2.37. The number of carbonyl (C=O) groups excluding carboxylic acids is 1. The van der Waals surface area contributed by atoms with Crippen LogP contribution >= 0.6 is 0 Å². The normalized spacial score (nSPS) is 10.4. The number of rotatable bonds is 7. The summed E-state index contributed by atoms with van der Waals surface area (Å²) in [5.74, 6) is 0.767. The van der Waals surface area contributed by atoms with E-state index in [9.17, 15) is 4.79 Å². The Bertz CT molecular complexity index is 628. The molecule has 0 aliphatic heterocycles. The van der Waals surface area contributed by atoms with Gasteiger partial charge in [0.15, 0.2) is 0 Å². The molecule has 0 bridgehead atoms. The largest absolute Gasteiger partial charge is 0.363 e. The van der Waals surface area contributed by atoms with Gasteiger partial charge in [-0.1, -0.05) is 30.3 Å². The highest BCUT2D eigenvalue weighted by Crippen LogP contribution is 2.12. The predicted molar refractivity (Wildman–Crippen MR) is 93.7 cm³/mol. The molecule has 23 heavy (non-hydrogen) atoms. The molecule has 2 aromatic rings. The second-order valence-corrected chi connectivity index (χ2v) is 5.61. The summed E-state index contributed by atoms with van der Waals surface area (Å²) in [7, 11) is 3.81. The highest BCUT2D eigenvalue weighted by atomic mass is 16.2. The van der Waals surface area contributed by atoms with E-state index in [-0.39, 0.29) is 5.91 Å². The molecule has 5 heteroatoms. The molecule has 5 nitrogen and oxygen atoms in total. The van der Waals surface area contributed by atoms with Crippen molar-refractivity contribution >= 4 is 11.7 Å². The van der Waals surface area contributed by atoms with Crippen molar-refractivity contribution in [3.63, 3.8) is 0 Å². The van der Waals surface area contributed by atoms with E-state index in [0.717, 1.165) is 12.2 Å². The van der Waals surface area contributed by atoms with Crippen molar-refractivity contribution in [1.29, 1.82) is 0 Å². The van der Waals surface area contributed by atoms with E-state index >= 15 is 0 Å². The fourth-order valence-electron chi connectivity index (χ4n) is 2.36. The number of aromatic nitrogens is 1. The first-order valence-corrected chi connectivity index (χ1v) is 7.78. The second-order valence-electron chi connectivity index (χ2n) is 5.61. The summed E-state index contributed by atoms with van der Waals surface area (Å²) in [6.07, 6.45) is 2.48. The van der Waals surface area contributed by atoms with Gasteiger partial charge in [-0.05, 0) is 24.1 Å². The highest BCUT2D eigenvalue weighted by molar-refractivity contribution is 5.94. The Morgan fingerprint density at radius 1 is 1.13 bits per heavy atom. The number of nitrogens with zero attached hydrogens (tertiary/aromatic N) is 3. The van der Waals surface area contributed by atoms with Crippen LogP contribution in [0.25, 0.3) is 0 Å². The standard InChI is InChI=1S/C18H24N4O/c1-21(2)17-14-16(8-11-20-17)18(23)22(13-10-19)12-9-15-6-4-3-5-7-15/h3-8,11,14H,9-10,12-13,19H2,1-2H3. The number of hydrogen-bond acceptors (Lipinski definition) is 4. The molecule has 0 aliphatic carbocycles. The summed E-state index contributed by atoms with van der Waals surface area (Å²) in [6, 6.07) is 13.7. The van der Waals surface area contributed by atoms with E-state index in [0.29, 0.717) is 25.2 Å². The van der Waals surface area contributed by atoms with Crippen molar-refractivity contribution in [3.8, 4) is 0 Å². The van der Waals surface area contributed by atoms with Crippen molar-refractivity contribution in [2.24, 2.45) is 5.73 Å². The monoisotopic (exact) mass is 312 g/mol. The predicted octanol–water partition coefficient (Wildman–Crippen LogP) is 1.79. The van der Waals surface area contributed by atoms with Gasteiger partial charge in [-0.15, -0.1) is 0 Å². The van der Waals surface area contributed by atoms with Crippen LogP contribution in [-0.4, -0.2) is 49.5 Å². The Kier molecular flexibility index (Phi) is 6.11. The maximum absolute atomic E-state index is 12.8. The van der Waals surface area contributed by atoms with Gasteiger partial charge in [-0.3, -0.25) is 4.79 Å². The number of anilines is 1. The van der Waals surface area contributed by atoms with Gasteiger partial charge in [0.1, 0.15) is 5.82 Å². The van der Waals surface area contributed by atoms with Crippen LogP contribution in [0.4, 0.5) is 5.82 Å². The molecular formula is C18H24N4O. The van der Waals surface area contributed by atoms with Gasteiger partial charge in [0, 0.05) is 45.5 Å². The first-order valence-electron chi connectivity index (χ1n) is 7.78. The Labute approximate surface area is 137 Å². The Morgan fingerprint density at radius 2 is 1.87 bits per heavy atom. The van der Waals surface area contributed by atoms with Gasteiger partial charge < -0.3 is 15.5 Å². The zero-order valence-corrected chi connectivity index (χ0v) is 13.8. The fraction of sp³-hybridized carbons (Fsp3) is 0.333. The van der Waals surface area contributed by atoms with Crippen molar-refractivity contribution < 1.29 is 4.79 Å². The summed E-state index contributed by atoms with van der Waals surface area (Å²) in [5.41, 5.74) is 7.54. The topological polar surface area (TPSA) is 62.5 Å². The lowest BCUT2D eigenvalue weighted by atomic mass is 10.1. The molecule has 1 aromatic carbocycles. The maximum Gasteiger partial charge on any atom is 0.254 e. The molecule has 1 heterocycles. The molecule has 2 rings (SSSR count).